The van der Waals surface area contributed by atoms with Gasteiger partial charge in [0.15, 0.2) is 0 Å². The Morgan fingerprint density at radius 1 is 1.24 bits per heavy atom. The first kappa shape index (κ1) is 14.1. The Bertz CT molecular complexity index is 342. The lowest BCUT2D eigenvalue weighted by Crippen LogP contribution is -2.46. The SMILES string of the molecule is CCC(NC(C)(C)C)C(O)c1ccc(F)cc1. The van der Waals surface area contributed by atoms with Gasteiger partial charge in [-0.25, -0.2) is 4.39 Å². The van der Waals surface area contributed by atoms with Crippen molar-refractivity contribution in [1.29, 1.82) is 0 Å². The normalized spacial score (nSPS) is 15.6. The molecule has 17 heavy (non-hydrogen) atoms. The molecule has 2 nitrogen and oxygen atoms in total. The molecule has 0 aromatic heterocycles. The summed E-state index contributed by atoms with van der Waals surface area (Å²) in [5, 5.41) is 13.6. The summed E-state index contributed by atoms with van der Waals surface area (Å²) >= 11 is 0. The summed E-state index contributed by atoms with van der Waals surface area (Å²) in [5.74, 6) is -0.280. The second-order valence-corrected chi connectivity index (χ2v) is 5.41. The molecule has 0 saturated carbocycles. The van der Waals surface area contributed by atoms with E-state index in [0.29, 0.717) is 0 Å². The molecule has 96 valence electrons. The molecule has 0 aliphatic heterocycles. The highest BCUT2D eigenvalue weighted by atomic mass is 19.1. The summed E-state index contributed by atoms with van der Waals surface area (Å²) in [6.45, 7) is 8.21. The van der Waals surface area contributed by atoms with Gasteiger partial charge in [-0.1, -0.05) is 19.1 Å². The van der Waals surface area contributed by atoms with Gasteiger partial charge in [-0.2, -0.15) is 0 Å². The summed E-state index contributed by atoms with van der Waals surface area (Å²) in [7, 11) is 0. The van der Waals surface area contributed by atoms with Crippen LogP contribution >= 0.6 is 0 Å². The molecule has 0 radical (unpaired) electrons. The largest absolute Gasteiger partial charge is 0.387 e. The van der Waals surface area contributed by atoms with Crippen LogP contribution < -0.4 is 5.32 Å². The van der Waals surface area contributed by atoms with E-state index in [1.807, 2.05) is 6.92 Å². The van der Waals surface area contributed by atoms with Crippen molar-refractivity contribution in [3.8, 4) is 0 Å². The standard InChI is InChI=1S/C14H22FNO/c1-5-12(16-14(2,3)4)13(17)10-6-8-11(15)9-7-10/h6-9,12-13,16-17H,5H2,1-4H3. The molecule has 1 rings (SSSR count). The Hall–Kier alpha value is -0.930. The molecule has 0 bridgehead atoms. The van der Waals surface area contributed by atoms with Crippen molar-refractivity contribution >= 4 is 0 Å². The third-order valence-corrected chi connectivity index (χ3v) is 2.65. The van der Waals surface area contributed by atoms with E-state index in [9.17, 15) is 9.50 Å². The van der Waals surface area contributed by atoms with Crippen LogP contribution in [0.4, 0.5) is 4.39 Å². The first-order chi connectivity index (χ1) is 7.83. The molecule has 0 aliphatic rings. The third-order valence-electron chi connectivity index (χ3n) is 2.65. The Labute approximate surface area is 103 Å². The van der Waals surface area contributed by atoms with Crippen molar-refractivity contribution in [2.24, 2.45) is 0 Å². The number of benzene rings is 1. The lowest BCUT2D eigenvalue weighted by molar-refractivity contribution is 0.111. The van der Waals surface area contributed by atoms with Gasteiger partial charge < -0.3 is 10.4 Å². The molecule has 3 heteroatoms. The van der Waals surface area contributed by atoms with Crippen LogP contribution in [-0.2, 0) is 0 Å². The Kier molecular flexibility index (Phi) is 4.66. The van der Waals surface area contributed by atoms with E-state index in [2.05, 4.69) is 26.1 Å². The van der Waals surface area contributed by atoms with Gasteiger partial charge in [-0.05, 0) is 44.9 Å². The van der Waals surface area contributed by atoms with Gasteiger partial charge in [0, 0.05) is 11.6 Å². The van der Waals surface area contributed by atoms with E-state index >= 15 is 0 Å². The highest BCUT2D eigenvalue weighted by molar-refractivity contribution is 5.20. The van der Waals surface area contributed by atoms with Crippen LogP contribution in [0.3, 0.4) is 0 Å². The molecule has 0 amide bonds. The number of nitrogens with one attached hydrogen (secondary N) is 1. The van der Waals surface area contributed by atoms with E-state index in [4.69, 9.17) is 0 Å². The Morgan fingerprint density at radius 3 is 2.18 bits per heavy atom. The molecule has 2 N–H and O–H groups in total. The molecule has 1 aromatic rings. The number of aliphatic hydroxyl groups is 1. The molecule has 2 atom stereocenters. The predicted molar refractivity (Wildman–Crippen MR) is 68.3 cm³/mol. The fraction of sp³-hybridized carbons (Fsp3) is 0.571. The number of halogens is 1. The van der Waals surface area contributed by atoms with E-state index < -0.39 is 6.10 Å². The fourth-order valence-corrected chi connectivity index (χ4v) is 1.85. The zero-order chi connectivity index (χ0) is 13.1. The van der Waals surface area contributed by atoms with Crippen molar-refractivity contribution in [2.75, 3.05) is 0 Å². The third kappa shape index (κ3) is 4.44. The molecule has 0 heterocycles. The molecular weight excluding hydrogens is 217 g/mol. The van der Waals surface area contributed by atoms with Crippen LogP contribution in [0.2, 0.25) is 0 Å². The number of hydrogen-bond donors (Lipinski definition) is 2. The monoisotopic (exact) mass is 239 g/mol. The van der Waals surface area contributed by atoms with Crippen LogP contribution in [0.25, 0.3) is 0 Å². The van der Waals surface area contributed by atoms with Gasteiger partial charge in [0.05, 0.1) is 6.10 Å². The maximum atomic E-state index is 12.8. The summed E-state index contributed by atoms with van der Waals surface area (Å²) < 4.78 is 12.8. The van der Waals surface area contributed by atoms with Crippen LogP contribution in [0.15, 0.2) is 24.3 Å². The number of rotatable bonds is 4. The van der Waals surface area contributed by atoms with Crippen LogP contribution in [0, 0.1) is 5.82 Å². The predicted octanol–water partition coefficient (Wildman–Crippen LogP) is 3.03. The molecular formula is C14H22FNO. The molecule has 0 saturated heterocycles. The lowest BCUT2D eigenvalue weighted by atomic mass is 9.97. The second-order valence-electron chi connectivity index (χ2n) is 5.41. The zero-order valence-corrected chi connectivity index (χ0v) is 11.0. The van der Waals surface area contributed by atoms with Crippen LogP contribution in [0.1, 0.15) is 45.8 Å². The lowest BCUT2D eigenvalue weighted by Gasteiger charge is -2.31. The highest BCUT2D eigenvalue weighted by Gasteiger charge is 2.23. The molecule has 2 unspecified atom stereocenters. The minimum atomic E-state index is -0.611. The highest BCUT2D eigenvalue weighted by Crippen LogP contribution is 2.21. The number of hydrogen-bond acceptors (Lipinski definition) is 2. The van der Waals surface area contributed by atoms with Crippen molar-refractivity contribution in [2.45, 2.75) is 51.8 Å². The first-order valence-electron chi connectivity index (χ1n) is 6.04. The van der Waals surface area contributed by atoms with E-state index in [0.717, 1.165) is 12.0 Å². The Balaban J connectivity index is 2.78. The van der Waals surface area contributed by atoms with Crippen LogP contribution in [-0.4, -0.2) is 16.7 Å². The fourth-order valence-electron chi connectivity index (χ4n) is 1.85. The van der Waals surface area contributed by atoms with Gasteiger partial charge in [0.2, 0.25) is 0 Å². The maximum Gasteiger partial charge on any atom is 0.123 e. The first-order valence-corrected chi connectivity index (χ1v) is 6.04. The smallest absolute Gasteiger partial charge is 0.123 e. The van der Waals surface area contributed by atoms with Gasteiger partial charge in [-0.3, -0.25) is 0 Å². The Morgan fingerprint density at radius 2 is 1.76 bits per heavy atom. The number of aliphatic hydroxyl groups excluding tert-OH is 1. The minimum Gasteiger partial charge on any atom is -0.387 e. The summed E-state index contributed by atoms with van der Waals surface area (Å²) in [6.07, 6.45) is 0.204. The average molecular weight is 239 g/mol. The summed E-state index contributed by atoms with van der Waals surface area (Å²) in [4.78, 5) is 0. The quantitative estimate of drug-likeness (QED) is 0.846. The van der Waals surface area contributed by atoms with Crippen molar-refractivity contribution in [1.82, 2.24) is 5.32 Å². The van der Waals surface area contributed by atoms with E-state index in [-0.39, 0.29) is 17.4 Å². The molecule has 0 spiro atoms. The maximum absolute atomic E-state index is 12.8. The van der Waals surface area contributed by atoms with Crippen molar-refractivity contribution in [3.63, 3.8) is 0 Å². The minimum absolute atomic E-state index is 0.0274. The summed E-state index contributed by atoms with van der Waals surface area (Å²) in [6, 6.07) is 5.99. The summed E-state index contributed by atoms with van der Waals surface area (Å²) in [5.41, 5.74) is 0.691. The van der Waals surface area contributed by atoms with Crippen LogP contribution in [0.5, 0.6) is 0 Å². The topological polar surface area (TPSA) is 32.3 Å². The second kappa shape index (κ2) is 5.61. The van der Waals surface area contributed by atoms with Gasteiger partial charge in [-0.15, -0.1) is 0 Å². The van der Waals surface area contributed by atoms with Crippen molar-refractivity contribution < 1.29 is 9.50 Å². The van der Waals surface area contributed by atoms with Crippen molar-refractivity contribution in [3.05, 3.63) is 35.6 Å². The molecule has 0 fully saturated rings. The van der Waals surface area contributed by atoms with E-state index in [1.165, 1.54) is 12.1 Å². The van der Waals surface area contributed by atoms with Gasteiger partial charge >= 0.3 is 0 Å². The van der Waals surface area contributed by atoms with E-state index in [1.54, 1.807) is 12.1 Å². The zero-order valence-electron chi connectivity index (χ0n) is 11.0. The average Bonchev–Trinajstić information content (AvgIpc) is 2.25. The molecule has 0 aliphatic carbocycles. The van der Waals surface area contributed by atoms with Gasteiger partial charge in [0.1, 0.15) is 5.82 Å². The molecule has 1 aromatic carbocycles. The van der Waals surface area contributed by atoms with Gasteiger partial charge in [0.25, 0.3) is 0 Å².